The molecule has 2 amide bonds. The Kier molecular flexibility index (Phi) is 6.33. The van der Waals surface area contributed by atoms with Crippen molar-refractivity contribution in [3.63, 3.8) is 0 Å². The third kappa shape index (κ3) is 5.71. The average Bonchev–Trinajstić information content (AvgIpc) is 3.13. The topological polar surface area (TPSA) is 97.1 Å². The Hall–Kier alpha value is -3.55. The first kappa shape index (κ1) is 20.2. The van der Waals surface area contributed by atoms with Gasteiger partial charge in [-0.25, -0.2) is 4.39 Å². The van der Waals surface area contributed by atoms with Gasteiger partial charge in [0, 0.05) is 36.7 Å². The first-order valence-corrected chi connectivity index (χ1v) is 9.17. The van der Waals surface area contributed by atoms with Gasteiger partial charge in [-0.2, -0.15) is 4.98 Å². The van der Waals surface area contributed by atoms with Crippen LogP contribution >= 0.6 is 0 Å². The summed E-state index contributed by atoms with van der Waals surface area (Å²) in [7, 11) is 0. The van der Waals surface area contributed by atoms with Crippen LogP contribution in [0.5, 0.6) is 0 Å². The summed E-state index contributed by atoms with van der Waals surface area (Å²) >= 11 is 0. The Morgan fingerprint density at radius 2 is 1.86 bits per heavy atom. The molecule has 0 radical (unpaired) electrons. The van der Waals surface area contributed by atoms with Gasteiger partial charge in [0.15, 0.2) is 0 Å². The summed E-state index contributed by atoms with van der Waals surface area (Å²) in [6.07, 6.45) is 1.26. The molecule has 0 saturated heterocycles. The molecule has 8 heteroatoms. The summed E-state index contributed by atoms with van der Waals surface area (Å²) in [4.78, 5) is 27.7. The van der Waals surface area contributed by atoms with Crippen LogP contribution in [0.15, 0.2) is 47.0 Å². The van der Waals surface area contributed by atoms with Gasteiger partial charge in [0.05, 0.1) is 0 Å². The predicted octanol–water partition coefficient (Wildman–Crippen LogP) is 4.10. The summed E-state index contributed by atoms with van der Waals surface area (Å²) in [6.45, 7) is 3.31. The third-order valence-corrected chi connectivity index (χ3v) is 4.20. The van der Waals surface area contributed by atoms with Gasteiger partial charge in [0.2, 0.25) is 23.5 Å². The van der Waals surface area contributed by atoms with Gasteiger partial charge < -0.3 is 15.2 Å². The number of carbonyl (C=O) groups excluding carboxylic acids is 2. The normalized spacial score (nSPS) is 10.6. The lowest BCUT2D eigenvalue weighted by Gasteiger charge is -2.10. The van der Waals surface area contributed by atoms with Crippen molar-refractivity contribution in [3.05, 3.63) is 59.7 Å². The molecule has 0 bridgehead atoms. The maximum atomic E-state index is 13.0. The number of hydrogen-bond donors (Lipinski definition) is 2. The summed E-state index contributed by atoms with van der Waals surface area (Å²) in [6, 6.07) is 11.2. The highest BCUT2D eigenvalue weighted by molar-refractivity contribution is 5.94. The van der Waals surface area contributed by atoms with Crippen LogP contribution < -0.4 is 10.6 Å². The van der Waals surface area contributed by atoms with Crippen LogP contribution in [0.25, 0.3) is 11.4 Å². The molecule has 0 aliphatic rings. The minimum Gasteiger partial charge on any atom is -0.339 e. The molecule has 0 aliphatic carbocycles. The van der Waals surface area contributed by atoms with E-state index in [1.165, 1.54) is 19.1 Å². The monoisotopic (exact) mass is 396 g/mol. The van der Waals surface area contributed by atoms with E-state index in [2.05, 4.69) is 20.8 Å². The van der Waals surface area contributed by atoms with Crippen LogP contribution in [0.3, 0.4) is 0 Å². The molecule has 3 aromatic rings. The smallest absolute Gasteiger partial charge is 0.226 e. The molecule has 0 saturated carbocycles. The zero-order valence-corrected chi connectivity index (χ0v) is 16.2. The van der Waals surface area contributed by atoms with Crippen molar-refractivity contribution in [2.75, 3.05) is 10.6 Å². The highest BCUT2D eigenvalue weighted by atomic mass is 19.1. The zero-order valence-electron chi connectivity index (χ0n) is 16.2. The van der Waals surface area contributed by atoms with E-state index in [-0.39, 0.29) is 24.1 Å². The number of amides is 2. The number of aromatic nitrogens is 2. The standard InChI is InChI=1S/C21H21FN4O3/c1-13-6-11-17(23-14(2)27)12-18(13)24-19(28)4-3-5-20-25-21(26-29-20)15-7-9-16(22)10-8-15/h6-12H,3-5H2,1-2H3,(H,23,27)(H,24,28). The van der Waals surface area contributed by atoms with Crippen molar-refractivity contribution in [2.45, 2.75) is 33.1 Å². The van der Waals surface area contributed by atoms with E-state index in [9.17, 15) is 14.0 Å². The lowest BCUT2D eigenvalue weighted by molar-refractivity contribution is -0.116. The van der Waals surface area contributed by atoms with E-state index in [4.69, 9.17) is 4.52 Å². The molecular formula is C21H21FN4O3. The van der Waals surface area contributed by atoms with Crippen molar-refractivity contribution in [3.8, 4) is 11.4 Å². The molecule has 2 N–H and O–H groups in total. The van der Waals surface area contributed by atoms with Gasteiger partial charge in [0.25, 0.3) is 0 Å². The first-order chi connectivity index (χ1) is 13.9. The van der Waals surface area contributed by atoms with E-state index >= 15 is 0 Å². The fourth-order valence-corrected chi connectivity index (χ4v) is 2.72. The minimum absolute atomic E-state index is 0.147. The second kappa shape index (κ2) is 9.09. The van der Waals surface area contributed by atoms with E-state index in [1.807, 2.05) is 13.0 Å². The van der Waals surface area contributed by atoms with Crippen molar-refractivity contribution >= 4 is 23.2 Å². The lowest BCUT2D eigenvalue weighted by Crippen LogP contribution is -2.13. The zero-order chi connectivity index (χ0) is 20.8. The maximum absolute atomic E-state index is 13.0. The predicted molar refractivity (Wildman–Crippen MR) is 107 cm³/mol. The fourth-order valence-electron chi connectivity index (χ4n) is 2.72. The number of aryl methyl sites for hydroxylation is 2. The Balaban J connectivity index is 1.52. The number of carbonyl (C=O) groups is 2. The quantitative estimate of drug-likeness (QED) is 0.627. The van der Waals surface area contributed by atoms with Crippen molar-refractivity contribution in [1.29, 1.82) is 0 Å². The summed E-state index contributed by atoms with van der Waals surface area (Å²) in [5, 5.41) is 9.43. The van der Waals surface area contributed by atoms with Gasteiger partial charge >= 0.3 is 0 Å². The molecule has 1 aromatic heterocycles. The first-order valence-electron chi connectivity index (χ1n) is 9.17. The minimum atomic E-state index is -0.332. The van der Waals surface area contributed by atoms with Gasteiger partial charge in [-0.1, -0.05) is 11.2 Å². The largest absolute Gasteiger partial charge is 0.339 e. The second-order valence-corrected chi connectivity index (χ2v) is 6.63. The number of rotatable bonds is 7. The molecule has 1 heterocycles. The lowest BCUT2D eigenvalue weighted by atomic mass is 10.1. The number of nitrogens with zero attached hydrogens (tertiary/aromatic N) is 2. The number of nitrogens with one attached hydrogen (secondary N) is 2. The molecule has 0 atom stereocenters. The van der Waals surface area contributed by atoms with Crippen molar-refractivity contribution in [2.24, 2.45) is 0 Å². The van der Waals surface area contributed by atoms with E-state index in [0.717, 1.165) is 5.56 Å². The van der Waals surface area contributed by atoms with Crippen LogP contribution in [-0.2, 0) is 16.0 Å². The van der Waals surface area contributed by atoms with Gasteiger partial charge in [-0.15, -0.1) is 0 Å². The molecule has 0 fully saturated rings. The third-order valence-electron chi connectivity index (χ3n) is 4.20. The van der Waals surface area contributed by atoms with Gasteiger partial charge in [0.1, 0.15) is 5.82 Å². The number of benzene rings is 2. The highest BCUT2D eigenvalue weighted by Crippen LogP contribution is 2.21. The van der Waals surface area contributed by atoms with Crippen molar-refractivity contribution < 1.29 is 18.5 Å². The molecule has 2 aromatic carbocycles. The number of halogens is 1. The van der Waals surface area contributed by atoms with Gasteiger partial charge in [-0.05, 0) is 55.3 Å². The van der Waals surface area contributed by atoms with E-state index < -0.39 is 0 Å². The van der Waals surface area contributed by atoms with Crippen LogP contribution in [0.1, 0.15) is 31.2 Å². The van der Waals surface area contributed by atoms with Gasteiger partial charge in [-0.3, -0.25) is 9.59 Å². The Morgan fingerprint density at radius 1 is 1.10 bits per heavy atom. The average molecular weight is 396 g/mol. The van der Waals surface area contributed by atoms with E-state index in [0.29, 0.717) is 41.5 Å². The molecule has 0 aliphatic heterocycles. The van der Waals surface area contributed by atoms with Crippen LogP contribution in [0.4, 0.5) is 15.8 Å². The highest BCUT2D eigenvalue weighted by Gasteiger charge is 2.11. The Bertz CT molecular complexity index is 1020. The number of hydrogen-bond acceptors (Lipinski definition) is 5. The molecule has 0 spiro atoms. The molecule has 7 nitrogen and oxygen atoms in total. The second-order valence-electron chi connectivity index (χ2n) is 6.63. The maximum Gasteiger partial charge on any atom is 0.226 e. The Labute approximate surface area is 167 Å². The van der Waals surface area contributed by atoms with E-state index in [1.54, 1.807) is 24.3 Å². The molecule has 0 unspecified atom stereocenters. The van der Waals surface area contributed by atoms with Crippen LogP contribution in [0, 0.1) is 12.7 Å². The molecular weight excluding hydrogens is 375 g/mol. The van der Waals surface area contributed by atoms with Crippen molar-refractivity contribution in [1.82, 2.24) is 10.1 Å². The van der Waals surface area contributed by atoms with Crippen LogP contribution in [0.2, 0.25) is 0 Å². The molecule has 29 heavy (non-hydrogen) atoms. The van der Waals surface area contributed by atoms with Crippen LogP contribution in [-0.4, -0.2) is 22.0 Å². The summed E-state index contributed by atoms with van der Waals surface area (Å²) in [5.41, 5.74) is 2.83. The SMILES string of the molecule is CC(=O)Nc1ccc(C)c(NC(=O)CCCc2nc(-c3ccc(F)cc3)no2)c1. The number of anilines is 2. The summed E-state index contributed by atoms with van der Waals surface area (Å²) < 4.78 is 18.2. The molecule has 3 rings (SSSR count). The fraction of sp³-hybridized carbons (Fsp3) is 0.238. The molecule has 150 valence electrons. The summed E-state index contributed by atoms with van der Waals surface area (Å²) in [5.74, 6) is 0.147. The Morgan fingerprint density at radius 3 is 2.59 bits per heavy atom.